The van der Waals surface area contributed by atoms with Crippen LogP contribution >= 0.6 is 11.6 Å². The fraction of sp³-hybridized carbons (Fsp3) is 0.467. The number of carbonyl (C=O) groups excluding carboxylic acids is 2. The molecule has 2 amide bonds. The Bertz CT molecular complexity index is 495. The Morgan fingerprint density at radius 2 is 1.95 bits per heavy atom. The molecule has 1 aromatic rings. The van der Waals surface area contributed by atoms with Crippen molar-refractivity contribution in [3.63, 3.8) is 0 Å². The minimum atomic E-state index is -0.270. The Morgan fingerprint density at radius 3 is 2.45 bits per heavy atom. The van der Waals surface area contributed by atoms with Crippen molar-refractivity contribution in [3.05, 3.63) is 29.3 Å². The number of hydrogen-bond acceptors (Lipinski definition) is 2. The maximum atomic E-state index is 11.8. The third-order valence-corrected chi connectivity index (χ3v) is 2.81. The fourth-order valence-corrected chi connectivity index (χ4v) is 1.99. The van der Waals surface area contributed by atoms with Crippen molar-refractivity contribution in [1.82, 2.24) is 5.32 Å². The normalized spacial score (nSPS) is 11.1. The number of carbonyl (C=O) groups is 2. The van der Waals surface area contributed by atoms with E-state index in [9.17, 15) is 9.59 Å². The molecule has 5 heteroatoms. The molecule has 0 spiro atoms. The predicted molar refractivity (Wildman–Crippen MR) is 82.0 cm³/mol. The van der Waals surface area contributed by atoms with Crippen LogP contribution in [-0.4, -0.2) is 23.9 Å². The largest absolute Gasteiger partial charge is 0.351 e. The van der Waals surface area contributed by atoms with Crippen LogP contribution in [0.4, 0.5) is 5.69 Å². The summed E-state index contributed by atoms with van der Waals surface area (Å²) >= 11 is 5.93. The Hall–Kier alpha value is -1.55. The highest BCUT2D eigenvalue weighted by molar-refractivity contribution is 6.30. The molecular formula is C15H21ClN2O2. The van der Waals surface area contributed by atoms with Gasteiger partial charge in [-0.15, -0.1) is 0 Å². The molecule has 0 aliphatic heterocycles. The molecule has 0 radical (unpaired) electrons. The zero-order valence-electron chi connectivity index (χ0n) is 12.4. The highest BCUT2D eigenvalue weighted by atomic mass is 35.5. The molecule has 0 unspecified atom stereocenters. The van der Waals surface area contributed by atoms with Crippen LogP contribution in [0.15, 0.2) is 24.3 Å². The van der Waals surface area contributed by atoms with Crippen LogP contribution in [0.1, 0.15) is 34.1 Å². The lowest BCUT2D eigenvalue weighted by Gasteiger charge is -2.24. The fourth-order valence-electron chi connectivity index (χ4n) is 1.81. The highest BCUT2D eigenvalue weighted by Crippen LogP contribution is 2.20. The minimum Gasteiger partial charge on any atom is -0.351 e. The number of nitrogens with one attached hydrogen (secondary N) is 1. The first kappa shape index (κ1) is 16.5. The molecule has 0 atom stereocenters. The van der Waals surface area contributed by atoms with E-state index in [1.54, 1.807) is 29.2 Å². The van der Waals surface area contributed by atoms with Crippen LogP contribution in [0.3, 0.4) is 0 Å². The summed E-state index contributed by atoms with van der Waals surface area (Å²) in [6, 6.07) is 7.04. The number of hydrogen-bond donors (Lipinski definition) is 1. The molecule has 110 valence electrons. The maximum Gasteiger partial charge on any atom is 0.223 e. The molecule has 0 saturated heterocycles. The summed E-state index contributed by atoms with van der Waals surface area (Å²) < 4.78 is 0. The van der Waals surface area contributed by atoms with E-state index in [0.717, 1.165) is 0 Å². The summed E-state index contributed by atoms with van der Waals surface area (Å²) in [5.74, 6) is -0.193. The maximum absolute atomic E-state index is 11.8. The topological polar surface area (TPSA) is 49.4 Å². The zero-order valence-corrected chi connectivity index (χ0v) is 13.1. The second-order valence-corrected chi connectivity index (χ2v) is 6.14. The molecule has 0 aliphatic rings. The summed E-state index contributed by atoms with van der Waals surface area (Å²) in [6.07, 6.45) is 0.253. The van der Waals surface area contributed by atoms with Crippen LogP contribution in [0, 0.1) is 0 Å². The molecule has 0 aliphatic carbocycles. The third kappa shape index (κ3) is 5.61. The summed E-state index contributed by atoms with van der Waals surface area (Å²) in [7, 11) is 0. The van der Waals surface area contributed by atoms with Gasteiger partial charge in [0, 0.05) is 36.1 Å². The number of amides is 2. The molecule has 0 saturated carbocycles. The summed E-state index contributed by atoms with van der Waals surface area (Å²) in [6.45, 7) is 7.57. The van der Waals surface area contributed by atoms with E-state index in [0.29, 0.717) is 17.3 Å². The summed E-state index contributed by atoms with van der Waals surface area (Å²) in [4.78, 5) is 25.1. The van der Waals surface area contributed by atoms with E-state index in [2.05, 4.69) is 5.32 Å². The SMILES string of the molecule is CC(=O)N(CCC(=O)NC(C)(C)C)c1cccc(Cl)c1. The smallest absolute Gasteiger partial charge is 0.223 e. The first-order valence-electron chi connectivity index (χ1n) is 6.54. The molecule has 20 heavy (non-hydrogen) atoms. The van der Waals surface area contributed by atoms with E-state index in [1.807, 2.05) is 20.8 Å². The molecule has 4 nitrogen and oxygen atoms in total. The van der Waals surface area contributed by atoms with Gasteiger partial charge < -0.3 is 10.2 Å². The van der Waals surface area contributed by atoms with Gasteiger partial charge in [-0.1, -0.05) is 17.7 Å². The van der Waals surface area contributed by atoms with Gasteiger partial charge in [0.25, 0.3) is 0 Å². The van der Waals surface area contributed by atoms with Crippen LogP contribution in [0.2, 0.25) is 5.02 Å². The van der Waals surface area contributed by atoms with Gasteiger partial charge in [-0.2, -0.15) is 0 Å². The molecule has 0 fully saturated rings. The van der Waals surface area contributed by atoms with Crippen molar-refractivity contribution in [2.75, 3.05) is 11.4 Å². The Labute approximate surface area is 125 Å². The van der Waals surface area contributed by atoms with E-state index >= 15 is 0 Å². The van der Waals surface area contributed by atoms with Gasteiger partial charge in [0.15, 0.2) is 0 Å². The lowest BCUT2D eigenvalue weighted by Crippen LogP contribution is -2.42. The molecule has 0 bridgehead atoms. The Kier molecular flexibility index (Phi) is 5.57. The molecule has 0 heterocycles. The van der Waals surface area contributed by atoms with Crippen molar-refractivity contribution in [2.24, 2.45) is 0 Å². The predicted octanol–water partition coefficient (Wildman–Crippen LogP) is 3.00. The molecule has 1 rings (SSSR count). The second kappa shape index (κ2) is 6.75. The van der Waals surface area contributed by atoms with E-state index in [4.69, 9.17) is 11.6 Å². The van der Waals surface area contributed by atoms with Crippen LogP contribution in [0.5, 0.6) is 0 Å². The number of halogens is 1. The quantitative estimate of drug-likeness (QED) is 0.928. The van der Waals surface area contributed by atoms with Crippen molar-refractivity contribution in [3.8, 4) is 0 Å². The second-order valence-electron chi connectivity index (χ2n) is 5.70. The van der Waals surface area contributed by atoms with Crippen LogP contribution in [-0.2, 0) is 9.59 Å². The number of rotatable bonds is 4. The zero-order chi connectivity index (χ0) is 15.3. The molecular weight excluding hydrogens is 276 g/mol. The van der Waals surface area contributed by atoms with Gasteiger partial charge in [-0.3, -0.25) is 9.59 Å². The lowest BCUT2D eigenvalue weighted by atomic mass is 10.1. The molecule has 1 aromatic carbocycles. The van der Waals surface area contributed by atoms with Gasteiger partial charge in [0.05, 0.1) is 0 Å². The molecule has 1 N–H and O–H groups in total. The average molecular weight is 297 g/mol. The lowest BCUT2D eigenvalue weighted by molar-refractivity contribution is -0.122. The van der Waals surface area contributed by atoms with E-state index < -0.39 is 0 Å². The summed E-state index contributed by atoms with van der Waals surface area (Å²) in [5, 5.41) is 3.44. The van der Waals surface area contributed by atoms with Gasteiger partial charge in [-0.25, -0.2) is 0 Å². The first-order chi connectivity index (χ1) is 9.19. The summed E-state index contributed by atoms with van der Waals surface area (Å²) in [5.41, 5.74) is 0.433. The Morgan fingerprint density at radius 1 is 1.30 bits per heavy atom. The Balaban J connectivity index is 2.70. The highest BCUT2D eigenvalue weighted by Gasteiger charge is 2.17. The van der Waals surface area contributed by atoms with Gasteiger partial charge in [-0.05, 0) is 39.0 Å². The van der Waals surface area contributed by atoms with Gasteiger partial charge in [0.2, 0.25) is 11.8 Å². The van der Waals surface area contributed by atoms with Crippen molar-refractivity contribution in [1.29, 1.82) is 0 Å². The first-order valence-corrected chi connectivity index (χ1v) is 6.91. The van der Waals surface area contributed by atoms with Crippen LogP contribution < -0.4 is 10.2 Å². The average Bonchev–Trinajstić information content (AvgIpc) is 2.26. The third-order valence-electron chi connectivity index (χ3n) is 2.58. The van der Waals surface area contributed by atoms with E-state index in [-0.39, 0.29) is 23.8 Å². The number of benzene rings is 1. The molecule has 0 aromatic heterocycles. The minimum absolute atomic E-state index is 0.0780. The number of anilines is 1. The van der Waals surface area contributed by atoms with Crippen molar-refractivity contribution >= 4 is 29.1 Å². The van der Waals surface area contributed by atoms with Gasteiger partial charge >= 0.3 is 0 Å². The van der Waals surface area contributed by atoms with E-state index in [1.165, 1.54) is 6.92 Å². The van der Waals surface area contributed by atoms with Crippen LogP contribution in [0.25, 0.3) is 0 Å². The van der Waals surface area contributed by atoms with Crippen molar-refractivity contribution in [2.45, 2.75) is 39.7 Å². The van der Waals surface area contributed by atoms with Crippen molar-refractivity contribution < 1.29 is 9.59 Å². The number of nitrogens with zero attached hydrogens (tertiary/aromatic N) is 1. The monoisotopic (exact) mass is 296 g/mol. The standard InChI is InChI=1S/C15H21ClN2O2/c1-11(19)18(13-7-5-6-12(16)10-13)9-8-14(20)17-15(2,3)4/h5-7,10H,8-9H2,1-4H3,(H,17,20). The van der Waals surface area contributed by atoms with Gasteiger partial charge in [0.1, 0.15) is 0 Å².